The zero-order valence-electron chi connectivity index (χ0n) is 12.6. The Hall–Kier alpha value is -2.41. The fourth-order valence-corrected chi connectivity index (χ4v) is 2.71. The van der Waals surface area contributed by atoms with Crippen molar-refractivity contribution in [3.05, 3.63) is 58.2 Å². The average Bonchev–Trinajstić information content (AvgIpc) is 3.00. The summed E-state index contributed by atoms with van der Waals surface area (Å²) in [7, 11) is 0. The summed E-state index contributed by atoms with van der Waals surface area (Å²) < 4.78 is 33.6. The average molecular weight is 395 g/mol. The molecule has 2 N–H and O–H groups in total. The Morgan fingerprint density at radius 3 is 2.67 bits per heavy atom. The van der Waals surface area contributed by atoms with Crippen molar-refractivity contribution in [3.63, 3.8) is 0 Å². The van der Waals surface area contributed by atoms with E-state index in [-0.39, 0.29) is 23.5 Å². The second kappa shape index (κ2) is 6.60. The summed E-state index contributed by atoms with van der Waals surface area (Å²) in [6, 6.07) is 8.68. The lowest BCUT2D eigenvalue weighted by molar-refractivity contribution is 0.0520. The van der Waals surface area contributed by atoms with Crippen LogP contribution in [0.1, 0.15) is 17.4 Å². The standard InChI is InChI=1S/C17H13BrF2N2O2/c1-2-24-17(23)15-8-10-13(6-5-12(20)16(10)22-15)21-14-7-9(18)3-4-11(14)19/h3-8,21-22H,2H2,1H3. The molecule has 3 rings (SSSR count). The summed E-state index contributed by atoms with van der Waals surface area (Å²) in [5.74, 6) is -1.54. The maximum Gasteiger partial charge on any atom is 0.354 e. The third-order valence-corrected chi connectivity index (χ3v) is 3.93. The normalized spacial score (nSPS) is 10.8. The van der Waals surface area contributed by atoms with Gasteiger partial charge in [0.25, 0.3) is 0 Å². The molecule has 0 aliphatic rings. The van der Waals surface area contributed by atoms with E-state index in [1.165, 1.54) is 24.3 Å². The van der Waals surface area contributed by atoms with Gasteiger partial charge in [0.15, 0.2) is 0 Å². The van der Waals surface area contributed by atoms with E-state index < -0.39 is 17.6 Å². The highest BCUT2D eigenvalue weighted by Crippen LogP contribution is 2.31. The SMILES string of the molecule is CCOC(=O)c1cc2c(Nc3cc(Br)ccc3F)ccc(F)c2[nH]1. The predicted molar refractivity (Wildman–Crippen MR) is 91.6 cm³/mol. The molecule has 0 radical (unpaired) electrons. The molecule has 0 amide bonds. The molecule has 7 heteroatoms. The second-order valence-corrected chi connectivity index (χ2v) is 5.95. The molecule has 0 spiro atoms. The Bertz CT molecular complexity index is 924. The number of carbonyl (C=O) groups excluding carboxylic acids is 1. The smallest absolute Gasteiger partial charge is 0.354 e. The molecule has 124 valence electrons. The molecule has 0 saturated carbocycles. The van der Waals surface area contributed by atoms with Crippen molar-refractivity contribution in [3.8, 4) is 0 Å². The number of hydrogen-bond donors (Lipinski definition) is 2. The zero-order valence-corrected chi connectivity index (χ0v) is 14.2. The van der Waals surface area contributed by atoms with Crippen LogP contribution < -0.4 is 5.32 Å². The van der Waals surface area contributed by atoms with Gasteiger partial charge in [0.1, 0.15) is 17.3 Å². The molecule has 0 aliphatic heterocycles. The Kier molecular flexibility index (Phi) is 4.53. The van der Waals surface area contributed by atoms with Crippen molar-refractivity contribution < 1.29 is 18.3 Å². The molecule has 0 aliphatic carbocycles. The van der Waals surface area contributed by atoms with Crippen LogP contribution in [0, 0.1) is 11.6 Å². The third kappa shape index (κ3) is 3.12. The highest BCUT2D eigenvalue weighted by molar-refractivity contribution is 9.10. The predicted octanol–water partition coefficient (Wildman–Crippen LogP) is 5.13. The van der Waals surface area contributed by atoms with Gasteiger partial charge < -0.3 is 15.0 Å². The van der Waals surface area contributed by atoms with Gasteiger partial charge in [-0.3, -0.25) is 0 Å². The molecule has 24 heavy (non-hydrogen) atoms. The fraction of sp³-hybridized carbons (Fsp3) is 0.118. The van der Waals surface area contributed by atoms with Crippen molar-refractivity contribution in [2.45, 2.75) is 6.92 Å². The van der Waals surface area contributed by atoms with E-state index in [0.717, 1.165) is 0 Å². The highest BCUT2D eigenvalue weighted by atomic mass is 79.9. The number of esters is 1. The van der Waals surface area contributed by atoms with Crippen LogP contribution in [-0.2, 0) is 4.74 Å². The van der Waals surface area contributed by atoms with E-state index in [2.05, 4.69) is 26.2 Å². The number of fused-ring (bicyclic) bond motifs is 1. The molecule has 0 saturated heterocycles. The van der Waals surface area contributed by atoms with E-state index in [1.807, 2.05) is 0 Å². The van der Waals surface area contributed by atoms with Gasteiger partial charge in [-0.15, -0.1) is 0 Å². The monoisotopic (exact) mass is 394 g/mol. The van der Waals surface area contributed by atoms with Gasteiger partial charge in [0.05, 0.1) is 17.8 Å². The maximum atomic E-state index is 14.0. The first-order valence-corrected chi connectivity index (χ1v) is 7.99. The first-order chi connectivity index (χ1) is 11.5. The molecular formula is C17H13BrF2N2O2. The molecule has 0 bridgehead atoms. The topological polar surface area (TPSA) is 54.1 Å². The zero-order chi connectivity index (χ0) is 17.3. The number of nitrogens with one attached hydrogen (secondary N) is 2. The van der Waals surface area contributed by atoms with E-state index in [1.54, 1.807) is 19.1 Å². The molecule has 1 aromatic heterocycles. The molecule has 0 atom stereocenters. The summed E-state index contributed by atoms with van der Waals surface area (Å²) >= 11 is 3.28. The second-order valence-electron chi connectivity index (χ2n) is 5.04. The van der Waals surface area contributed by atoms with Crippen LogP contribution in [0.3, 0.4) is 0 Å². The first kappa shape index (κ1) is 16.4. The van der Waals surface area contributed by atoms with Gasteiger partial charge in [-0.25, -0.2) is 13.6 Å². The Morgan fingerprint density at radius 2 is 1.92 bits per heavy atom. The van der Waals surface area contributed by atoms with Gasteiger partial charge >= 0.3 is 5.97 Å². The van der Waals surface area contributed by atoms with Gasteiger partial charge in [0, 0.05) is 15.5 Å². The van der Waals surface area contributed by atoms with Gasteiger partial charge in [-0.1, -0.05) is 15.9 Å². The number of halogens is 3. The van der Waals surface area contributed by atoms with Crippen LogP contribution in [0.4, 0.5) is 20.2 Å². The summed E-state index contributed by atoms with van der Waals surface area (Å²) in [4.78, 5) is 14.5. The molecule has 3 aromatic rings. The van der Waals surface area contributed by atoms with E-state index >= 15 is 0 Å². The Morgan fingerprint density at radius 1 is 1.17 bits per heavy atom. The number of rotatable bonds is 4. The number of carbonyl (C=O) groups is 1. The molecular weight excluding hydrogens is 382 g/mol. The van der Waals surface area contributed by atoms with Gasteiger partial charge in [0.2, 0.25) is 0 Å². The van der Waals surface area contributed by atoms with E-state index in [9.17, 15) is 13.6 Å². The first-order valence-electron chi connectivity index (χ1n) is 7.20. The van der Waals surface area contributed by atoms with Crippen LogP contribution in [0.2, 0.25) is 0 Å². The number of H-pyrrole nitrogens is 1. The van der Waals surface area contributed by atoms with Crippen molar-refractivity contribution in [1.29, 1.82) is 0 Å². The summed E-state index contributed by atoms with van der Waals surface area (Å²) in [5, 5.41) is 3.35. The van der Waals surface area contributed by atoms with Crippen LogP contribution >= 0.6 is 15.9 Å². The van der Waals surface area contributed by atoms with E-state index in [4.69, 9.17) is 4.74 Å². The molecule has 4 nitrogen and oxygen atoms in total. The summed E-state index contributed by atoms with van der Waals surface area (Å²) in [6.07, 6.45) is 0. The minimum absolute atomic E-state index is 0.134. The van der Waals surface area contributed by atoms with Gasteiger partial charge in [-0.05, 0) is 43.3 Å². The van der Waals surface area contributed by atoms with Crippen LogP contribution in [0.15, 0.2) is 40.9 Å². The minimum Gasteiger partial charge on any atom is -0.461 e. The lowest BCUT2D eigenvalue weighted by Crippen LogP contribution is -2.04. The Labute approximate surface area is 144 Å². The summed E-state index contributed by atoms with van der Waals surface area (Å²) in [5.41, 5.74) is 0.986. The maximum absolute atomic E-state index is 14.0. The number of hydrogen-bond acceptors (Lipinski definition) is 3. The highest BCUT2D eigenvalue weighted by Gasteiger charge is 2.16. The Balaban J connectivity index is 2.06. The number of ether oxygens (including phenoxy) is 1. The fourth-order valence-electron chi connectivity index (χ4n) is 2.35. The molecule has 0 unspecified atom stereocenters. The number of benzene rings is 2. The van der Waals surface area contributed by atoms with Crippen molar-refractivity contribution in [2.75, 3.05) is 11.9 Å². The van der Waals surface area contributed by atoms with Crippen LogP contribution in [-0.4, -0.2) is 17.6 Å². The van der Waals surface area contributed by atoms with Gasteiger partial charge in [-0.2, -0.15) is 0 Å². The molecule has 0 fully saturated rings. The quantitative estimate of drug-likeness (QED) is 0.603. The van der Waals surface area contributed by atoms with Crippen LogP contribution in [0.25, 0.3) is 10.9 Å². The van der Waals surface area contributed by atoms with Crippen molar-refractivity contribution in [1.82, 2.24) is 4.98 Å². The van der Waals surface area contributed by atoms with Crippen molar-refractivity contribution >= 4 is 44.2 Å². The summed E-state index contributed by atoms with van der Waals surface area (Å²) in [6.45, 7) is 1.90. The van der Waals surface area contributed by atoms with Crippen molar-refractivity contribution in [2.24, 2.45) is 0 Å². The molecule has 1 heterocycles. The lowest BCUT2D eigenvalue weighted by Gasteiger charge is -2.09. The number of aromatic amines is 1. The largest absolute Gasteiger partial charge is 0.461 e. The lowest BCUT2D eigenvalue weighted by atomic mass is 10.2. The third-order valence-electron chi connectivity index (χ3n) is 3.44. The van der Waals surface area contributed by atoms with E-state index in [0.29, 0.717) is 15.5 Å². The minimum atomic E-state index is -0.576. The number of anilines is 2. The molecule has 2 aromatic carbocycles. The number of aromatic nitrogens is 1. The van der Waals surface area contributed by atoms with Crippen LogP contribution in [0.5, 0.6) is 0 Å².